The Bertz CT molecular complexity index is 1130. The van der Waals surface area contributed by atoms with E-state index in [0.717, 1.165) is 25.0 Å². The van der Waals surface area contributed by atoms with Gasteiger partial charge in [-0.2, -0.15) is 23.5 Å². The molecular formula is C19H16F3N5O. The maximum atomic E-state index is 12.8. The van der Waals surface area contributed by atoms with Crippen molar-refractivity contribution in [2.45, 2.75) is 38.4 Å². The molecule has 9 heteroatoms. The van der Waals surface area contributed by atoms with E-state index >= 15 is 0 Å². The van der Waals surface area contributed by atoms with Crippen molar-refractivity contribution in [1.82, 2.24) is 19.7 Å². The highest BCUT2D eigenvalue weighted by Gasteiger charge is 2.30. The van der Waals surface area contributed by atoms with Crippen LogP contribution in [0, 0.1) is 17.2 Å². The van der Waals surface area contributed by atoms with Crippen LogP contribution in [0.15, 0.2) is 29.1 Å². The molecule has 0 spiro atoms. The number of rotatable bonds is 4. The number of hydrogen-bond donors (Lipinski definition) is 1. The van der Waals surface area contributed by atoms with Gasteiger partial charge in [-0.05, 0) is 43.4 Å². The van der Waals surface area contributed by atoms with E-state index in [1.54, 1.807) is 6.92 Å². The monoisotopic (exact) mass is 387 g/mol. The molecule has 2 aromatic heterocycles. The first-order chi connectivity index (χ1) is 13.3. The third-order valence-corrected chi connectivity index (χ3v) is 4.98. The predicted molar refractivity (Wildman–Crippen MR) is 94.5 cm³/mol. The lowest BCUT2D eigenvalue weighted by Gasteiger charge is -2.15. The molecule has 0 amide bonds. The molecule has 1 fully saturated rings. The van der Waals surface area contributed by atoms with Crippen LogP contribution in [0.2, 0.25) is 0 Å². The Morgan fingerprint density at radius 3 is 2.57 bits per heavy atom. The number of aromatic nitrogens is 4. The van der Waals surface area contributed by atoms with E-state index in [1.807, 2.05) is 6.07 Å². The number of fused-ring (bicyclic) bond motifs is 1. The molecule has 3 aromatic rings. The van der Waals surface area contributed by atoms with Crippen molar-refractivity contribution >= 4 is 11.0 Å². The molecule has 2 heterocycles. The molecule has 28 heavy (non-hydrogen) atoms. The molecule has 1 aromatic carbocycles. The fourth-order valence-corrected chi connectivity index (χ4v) is 3.22. The second-order valence-corrected chi connectivity index (χ2v) is 7.06. The Morgan fingerprint density at radius 1 is 1.32 bits per heavy atom. The van der Waals surface area contributed by atoms with E-state index in [-0.39, 0.29) is 16.7 Å². The predicted octanol–water partition coefficient (Wildman–Crippen LogP) is 3.57. The number of nitrogens with one attached hydrogen (secondary N) is 1. The molecule has 1 N–H and O–H groups in total. The number of nitrogens with zero attached hydrogens (tertiary/aromatic N) is 4. The Labute approximate surface area is 157 Å². The van der Waals surface area contributed by atoms with Crippen LogP contribution < -0.4 is 5.56 Å². The molecule has 0 bridgehead atoms. The summed E-state index contributed by atoms with van der Waals surface area (Å²) in [6.45, 7) is 1.74. The Balaban J connectivity index is 1.79. The van der Waals surface area contributed by atoms with Crippen molar-refractivity contribution in [2.75, 3.05) is 0 Å². The summed E-state index contributed by atoms with van der Waals surface area (Å²) in [6.07, 6.45) is -1.59. The summed E-state index contributed by atoms with van der Waals surface area (Å²) >= 11 is 0. The van der Waals surface area contributed by atoms with Crippen LogP contribution in [0.25, 0.3) is 11.0 Å². The van der Waals surface area contributed by atoms with E-state index in [9.17, 15) is 23.2 Å². The van der Waals surface area contributed by atoms with Crippen molar-refractivity contribution in [3.8, 4) is 6.07 Å². The average molecular weight is 387 g/mol. The first kappa shape index (κ1) is 18.2. The van der Waals surface area contributed by atoms with Gasteiger partial charge in [0.15, 0.2) is 11.3 Å². The second-order valence-electron chi connectivity index (χ2n) is 7.06. The summed E-state index contributed by atoms with van der Waals surface area (Å²) in [6, 6.07) is 6.13. The molecule has 0 radical (unpaired) electrons. The first-order valence-corrected chi connectivity index (χ1v) is 8.86. The van der Waals surface area contributed by atoms with Gasteiger partial charge in [0.1, 0.15) is 17.3 Å². The smallest absolute Gasteiger partial charge is 0.310 e. The van der Waals surface area contributed by atoms with E-state index in [4.69, 9.17) is 0 Å². The van der Waals surface area contributed by atoms with Crippen molar-refractivity contribution in [1.29, 1.82) is 5.26 Å². The number of H-pyrrole nitrogens is 1. The molecule has 1 aliphatic rings. The molecule has 4 rings (SSSR count). The Kier molecular flexibility index (Phi) is 4.22. The minimum absolute atomic E-state index is 0.0551. The molecule has 1 atom stereocenters. The van der Waals surface area contributed by atoms with Gasteiger partial charge in [0.2, 0.25) is 0 Å². The second kappa shape index (κ2) is 6.48. The van der Waals surface area contributed by atoms with Crippen molar-refractivity contribution in [3.05, 3.63) is 57.3 Å². The van der Waals surface area contributed by atoms with Crippen LogP contribution in [-0.4, -0.2) is 19.7 Å². The zero-order chi connectivity index (χ0) is 20.1. The summed E-state index contributed by atoms with van der Waals surface area (Å²) in [5.74, 6) is 1.03. The van der Waals surface area contributed by atoms with Crippen LogP contribution in [-0.2, 0) is 12.6 Å². The quantitative estimate of drug-likeness (QED) is 0.741. The van der Waals surface area contributed by atoms with Crippen LogP contribution >= 0.6 is 0 Å². The normalized spacial score (nSPS) is 15.5. The molecule has 1 saturated carbocycles. The van der Waals surface area contributed by atoms with Gasteiger partial charge in [-0.25, -0.2) is 9.67 Å². The van der Waals surface area contributed by atoms with Gasteiger partial charge in [0.25, 0.3) is 5.56 Å². The van der Waals surface area contributed by atoms with E-state index in [2.05, 4.69) is 15.1 Å². The fourth-order valence-electron chi connectivity index (χ4n) is 3.22. The third kappa shape index (κ3) is 3.26. The zero-order valence-electron chi connectivity index (χ0n) is 14.9. The highest BCUT2D eigenvalue weighted by Crippen LogP contribution is 2.33. The minimum atomic E-state index is -4.42. The molecule has 6 nitrogen and oxygen atoms in total. The van der Waals surface area contributed by atoms with Gasteiger partial charge in [-0.15, -0.1) is 0 Å². The van der Waals surface area contributed by atoms with E-state index in [0.29, 0.717) is 23.7 Å². The lowest BCUT2D eigenvalue weighted by molar-refractivity contribution is -0.137. The molecule has 144 valence electrons. The lowest BCUT2D eigenvalue weighted by Crippen LogP contribution is -2.15. The van der Waals surface area contributed by atoms with Crippen molar-refractivity contribution in [2.24, 2.45) is 5.92 Å². The standard InChI is InChI=1S/C19H16F3N5O/c1-10(12-4-6-13(7-5-12)19(20,21)22)27-17-16(14(9-23)26-27)18(28)25-15(24-17)8-11-2-3-11/h4-7,10-11H,2-3,8H2,1H3,(H,24,25,28)/t10-/m0/s1. The van der Waals surface area contributed by atoms with Gasteiger partial charge >= 0.3 is 6.18 Å². The highest BCUT2D eigenvalue weighted by atomic mass is 19.4. The van der Waals surface area contributed by atoms with Gasteiger partial charge < -0.3 is 4.98 Å². The van der Waals surface area contributed by atoms with Gasteiger partial charge in [0, 0.05) is 6.42 Å². The van der Waals surface area contributed by atoms with Crippen LogP contribution in [0.3, 0.4) is 0 Å². The van der Waals surface area contributed by atoms with Crippen LogP contribution in [0.4, 0.5) is 13.2 Å². The molecule has 0 aliphatic heterocycles. The number of benzene rings is 1. The van der Waals surface area contributed by atoms with Crippen LogP contribution in [0.1, 0.15) is 48.5 Å². The number of hydrogen-bond acceptors (Lipinski definition) is 4. The molecular weight excluding hydrogens is 371 g/mol. The maximum Gasteiger partial charge on any atom is 0.416 e. The number of alkyl halides is 3. The summed E-state index contributed by atoms with van der Waals surface area (Å²) in [5, 5.41) is 13.6. The largest absolute Gasteiger partial charge is 0.416 e. The van der Waals surface area contributed by atoms with Gasteiger partial charge in [0.05, 0.1) is 11.6 Å². The van der Waals surface area contributed by atoms with Gasteiger partial charge in [-0.3, -0.25) is 4.79 Å². The zero-order valence-corrected chi connectivity index (χ0v) is 14.9. The molecule has 1 aliphatic carbocycles. The fraction of sp³-hybridized carbons (Fsp3) is 0.368. The first-order valence-electron chi connectivity index (χ1n) is 8.86. The van der Waals surface area contributed by atoms with Crippen LogP contribution in [0.5, 0.6) is 0 Å². The summed E-state index contributed by atoms with van der Waals surface area (Å²) in [4.78, 5) is 19.7. The number of halogens is 3. The highest BCUT2D eigenvalue weighted by molar-refractivity contribution is 5.80. The van der Waals surface area contributed by atoms with E-state index in [1.165, 1.54) is 16.8 Å². The minimum Gasteiger partial charge on any atom is -0.310 e. The maximum absolute atomic E-state index is 12.8. The van der Waals surface area contributed by atoms with Crippen molar-refractivity contribution in [3.63, 3.8) is 0 Å². The topological polar surface area (TPSA) is 87.4 Å². The number of nitriles is 1. The summed E-state index contributed by atoms with van der Waals surface area (Å²) in [7, 11) is 0. The van der Waals surface area contributed by atoms with E-state index < -0.39 is 23.3 Å². The lowest BCUT2D eigenvalue weighted by atomic mass is 10.1. The summed E-state index contributed by atoms with van der Waals surface area (Å²) < 4.78 is 39.8. The molecule has 0 saturated heterocycles. The Hall–Kier alpha value is -3.15. The summed E-state index contributed by atoms with van der Waals surface area (Å²) in [5.41, 5.74) is -0.396. The Morgan fingerprint density at radius 2 is 2.00 bits per heavy atom. The third-order valence-electron chi connectivity index (χ3n) is 4.98. The molecule has 0 unspecified atom stereocenters. The average Bonchev–Trinajstić information content (AvgIpc) is 3.38. The van der Waals surface area contributed by atoms with Crippen molar-refractivity contribution < 1.29 is 13.2 Å². The van der Waals surface area contributed by atoms with Gasteiger partial charge in [-0.1, -0.05) is 12.1 Å². The SMILES string of the molecule is C[C@@H](c1ccc(C(F)(F)F)cc1)n1nc(C#N)c2c(=O)[nH]c(CC3CC3)nc21. The number of aromatic amines is 1.